The molecular weight excluding hydrogens is 258 g/mol. The lowest BCUT2D eigenvalue weighted by Crippen LogP contribution is -2.27. The molecule has 0 bridgehead atoms. The van der Waals surface area contributed by atoms with Crippen molar-refractivity contribution >= 4 is 22.7 Å². The van der Waals surface area contributed by atoms with E-state index in [2.05, 4.69) is 15.3 Å². The molecule has 0 fully saturated rings. The van der Waals surface area contributed by atoms with E-state index in [1.165, 1.54) is 0 Å². The molecule has 0 unspecified atom stereocenters. The van der Waals surface area contributed by atoms with E-state index >= 15 is 0 Å². The van der Waals surface area contributed by atoms with Crippen LogP contribution in [0.1, 0.15) is 24.5 Å². The monoisotopic (exact) mass is 275 g/mol. The van der Waals surface area contributed by atoms with E-state index in [1.807, 2.05) is 26.0 Å². The van der Waals surface area contributed by atoms with Crippen LogP contribution in [0.15, 0.2) is 24.3 Å². The molecule has 20 heavy (non-hydrogen) atoms. The maximum Gasteiger partial charge on any atom is 0.374 e. The Balaban J connectivity index is 2.42. The molecule has 1 aromatic heterocycles. The third-order valence-corrected chi connectivity index (χ3v) is 2.96. The Bertz CT molecular complexity index is 641. The Hall–Kier alpha value is -2.21. The molecule has 2 rings (SSSR count). The highest BCUT2D eigenvalue weighted by molar-refractivity contribution is 5.93. The number of hydrogen-bond acceptors (Lipinski definition) is 5. The van der Waals surface area contributed by atoms with Crippen molar-refractivity contribution in [3.05, 3.63) is 30.1 Å². The second-order valence-corrected chi connectivity index (χ2v) is 5.39. The van der Waals surface area contributed by atoms with Crippen LogP contribution in [0, 0.1) is 5.41 Å². The van der Waals surface area contributed by atoms with Gasteiger partial charge in [0.1, 0.15) is 5.82 Å². The summed E-state index contributed by atoms with van der Waals surface area (Å²) in [7, 11) is 0. The molecule has 0 amide bonds. The predicted octanol–water partition coefficient (Wildman–Crippen LogP) is 1.76. The normalized spacial score (nSPS) is 11.6. The number of anilines is 1. The number of hydrogen-bond donors (Lipinski definition) is 3. The number of nitrogens with one attached hydrogen (secondary N) is 1. The van der Waals surface area contributed by atoms with Gasteiger partial charge in [-0.05, 0) is 12.1 Å². The highest BCUT2D eigenvalue weighted by Gasteiger charge is 2.18. The minimum absolute atomic E-state index is 0.0226. The van der Waals surface area contributed by atoms with Crippen LogP contribution in [0.4, 0.5) is 5.82 Å². The highest BCUT2D eigenvalue weighted by atomic mass is 16.4. The van der Waals surface area contributed by atoms with Gasteiger partial charge in [-0.2, -0.15) is 0 Å². The third-order valence-electron chi connectivity index (χ3n) is 2.96. The summed E-state index contributed by atoms with van der Waals surface area (Å²) in [6.45, 7) is 4.31. The number of benzene rings is 1. The van der Waals surface area contributed by atoms with Crippen LogP contribution < -0.4 is 5.32 Å². The maximum atomic E-state index is 11.1. The van der Waals surface area contributed by atoms with Crippen LogP contribution in [0.5, 0.6) is 0 Å². The van der Waals surface area contributed by atoms with E-state index in [-0.39, 0.29) is 17.8 Å². The van der Waals surface area contributed by atoms with Crippen LogP contribution in [0.25, 0.3) is 10.9 Å². The molecule has 0 saturated heterocycles. The van der Waals surface area contributed by atoms with Gasteiger partial charge in [0.15, 0.2) is 0 Å². The van der Waals surface area contributed by atoms with Gasteiger partial charge in [0.05, 0.1) is 5.52 Å². The number of carboxylic acid groups (broad SMARTS) is 1. The molecule has 6 heteroatoms. The number of carbonyl (C=O) groups is 1. The van der Waals surface area contributed by atoms with Crippen molar-refractivity contribution in [2.75, 3.05) is 18.5 Å². The molecule has 0 aliphatic heterocycles. The van der Waals surface area contributed by atoms with Gasteiger partial charge in [-0.25, -0.2) is 14.8 Å². The first-order chi connectivity index (χ1) is 9.43. The largest absolute Gasteiger partial charge is 0.475 e. The fraction of sp³-hybridized carbons (Fsp3) is 0.357. The average Bonchev–Trinajstić information content (AvgIpc) is 2.44. The van der Waals surface area contributed by atoms with Crippen molar-refractivity contribution in [3.8, 4) is 0 Å². The molecule has 0 radical (unpaired) electrons. The summed E-state index contributed by atoms with van der Waals surface area (Å²) in [5.41, 5.74) is 0.249. The Labute approximate surface area is 116 Å². The number of aliphatic hydroxyl groups is 1. The first-order valence-corrected chi connectivity index (χ1v) is 6.28. The molecule has 0 atom stereocenters. The topological polar surface area (TPSA) is 95.3 Å². The molecule has 1 aromatic carbocycles. The van der Waals surface area contributed by atoms with Gasteiger partial charge in [-0.3, -0.25) is 0 Å². The fourth-order valence-electron chi connectivity index (χ4n) is 1.69. The fourth-order valence-corrected chi connectivity index (χ4v) is 1.69. The lowest BCUT2D eigenvalue weighted by atomic mass is 9.95. The number of aromatic carboxylic acids is 1. The number of para-hydroxylation sites is 1. The van der Waals surface area contributed by atoms with Crippen molar-refractivity contribution < 1.29 is 15.0 Å². The van der Waals surface area contributed by atoms with Crippen LogP contribution in [-0.2, 0) is 0 Å². The molecule has 1 heterocycles. The molecule has 3 N–H and O–H groups in total. The summed E-state index contributed by atoms with van der Waals surface area (Å²) < 4.78 is 0. The number of rotatable bonds is 5. The first-order valence-electron chi connectivity index (χ1n) is 6.28. The molecule has 106 valence electrons. The smallest absolute Gasteiger partial charge is 0.374 e. The van der Waals surface area contributed by atoms with Crippen LogP contribution in [0.3, 0.4) is 0 Å². The number of nitrogens with zero attached hydrogens (tertiary/aromatic N) is 2. The summed E-state index contributed by atoms with van der Waals surface area (Å²) in [4.78, 5) is 19.1. The van der Waals surface area contributed by atoms with Gasteiger partial charge in [0.2, 0.25) is 5.82 Å². The zero-order valence-corrected chi connectivity index (χ0v) is 11.4. The molecule has 0 aliphatic carbocycles. The van der Waals surface area contributed by atoms with Gasteiger partial charge < -0.3 is 15.5 Å². The van der Waals surface area contributed by atoms with Crippen molar-refractivity contribution in [2.24, 2.45) is 5.41 Å². The summed E-state index contributed by atoms with van der Waals surface area (Å²) in [6, 6.07) is 7.21. The summed E-state index contributed by atoms with van der Waals surface area (Å²) >= 11 is 0. The Morgan fingerprint density at radius 3 is 2.65 bits per heavy atom. The second-order valence-electron chi connectivity index (χ2n) is 5.39. The average molecular weight is 275 g/mol. The minimum Gasteiger partial charge on any atom is -0.475 e. The Kier molecular flexibility index (Phi) is 3.85. The van der Waals surface area contributed by atoms with E-state index in [4.69, 9.17) is 5.11 Å². The van der Waals surface area contributed by atoms with Gasteiger partial charge in [-0.1, -0.05) is 26.0 Å². The summed E-state index contributed by atoms with van der Waals surface area (Å²) in [5, 5.41) is 22.2. The van der Waals surface area contributed by atoms with Crippen LogP contribution in [0.2, 0.25) is 0 Å². The van der Waals surface area contributed by atoms with Gasteiger partial charge in [-0.15, -0.1) is 0 Å². The lowest BCUT2D eigenvalue weighted by Gasteiger charge is -2.22. The van der Waals surface area contributed by atoms with Gasteiger partial charge in [0.25, 0.3) is 0 Å². The van der Waals surface area contributed by atoms with Crippen LogP contribution >= 0.6 is 0 Å². The van der Waals surface area contributed by atoms with Crippen molar-refractivity contribution in [1.82, 2.24) is 9.97 Å². The van der Waals surface area contributed by atoms with E-state index in [0.717, 1.165) is 5.39 Å². The van der Waals surface area contributed by atoms with Crippen molar-refractivity contribution in [3.63, 3.8) is 0 Å². The van der Waals surface area contributed by atoms with Crippen LogP contribution in [-0.4, -0.2) is 39.3 Å². The Morgan fingerprint density at radius 1 is 1.30 bits per heavy atom. The molecule has 6 nitrogen and oxygen atoms in total. The van der Waals surface area contributed by atoms with Gasteiger partial charge >= 0.3 is 5.97 Å². The summed E-state index contributed by atoms with van der Waals surface area (Å²) in [6.07, 6.45) is 0. The van der Waals surface area contributed by atoms with E-state index < -0.39 is 5.97 Å². The SMILES string of the molecule is CC(C)(CO)CNc1nc(C(=O)O)nc2ccccc12. The molecule has 0 aliphatic rings. The maximum absolute atomic E-state index is 11.1. The summed E-state index contributed by atoms with van der Waals surface area (Å²) in [5.74, 6) is -0.942. The molecule has 2 aromatic rings. The number of aliphatic hydroxyl groups excluding tert-OH is 1. The van der Waals surface area contributed by atoms with E-state index in [1.54, 1.807) is 12.1 Å². The second kappa shape index (κ2) is 5.42. The predicted molar refractivity (Wildman–Crippen MR) is 75.9 cm³/mol. The minimum atomic E-state index is -1.17. The van der Waals surface area contributed by atoms with E-state index in [9.17, 15) is 9.90 Å². The van der Waals surface area contributed by atoms with Crippen molar-refractivity contribution in [1.29, 1.82) is 0 Å². The molecular formula is C14H17N3O3. The third kappa shape index (κ3) is 3.03. The lowest BCUT2D eigenvalue weighted by molar-refractivity contribution is 0.0684. The van der Waals surface area contributed by atoms with Gasteiger partial charge in [0, 0.05) is 24.0 Å². The highest BCUT2D eigenvalue weighted by Crippen LogP contribution is 2.22. The zero-order chi connectivity index (χ0) is 14.8. The number of carboxylic acids is 1. The molecule has 0 saturated carbocycles. The zero-order valence-electron chi connectivity index (χ0n) is 11.4. The standard InChI is InChI=1S/C14H17N3O3/c1-14(2,8-18)7-15-11-9-5-3-4-6-10(9)16-12(17-11)13(19)20/h3-6,18H,7-8H2,1-2H3,(H,19,20)(H,15,16,17). The number of fused-ring (bicyclic) bond motifs is 1. The van der Waals surface area contributed by atoms with E-state index in [0.29, 0.717) is 17.9 Å². The number of aromatic nitrogens is 2. The Morgan fingerprint density at radius 2 is 2.00 bits per heavy atom. The first kappa shape index (κ1) is 14.2. The van der Waals surface area contributed by atoms with Crippen molar-refractivity contribution in [2.45, 2.75) is 13.8 Å². The molecule has 0 spiro atoms. The quantitative estimate of drug-likeness (QED) is 0.769.